The van der Waals surface area contributed by atoms with Crippen LogP contribution in [0.2, 0.25) is 5.02 Å². The van der Waals surface area contributed by atoms with Crippen molar-refractivity contribution in [2.75, 3.05) is 0 Å². The fraction of sp³-hybridized carbons (Fsp3) is 0. The van der Waals surface area contributed by atoms with Crippen molar-refractivity contribution in [1.82, 2.24) is 20.2 Å². The number of hydrogen-bond donors (Lipinski definition) is 1. The molecule has 3 aromatic rings. The molecular formula is C14H10ClN5S. The van der Waals surface area contributed by atoms with E-state index in [1.165, 1.54) is 4.80 Å². The lowest BCUT2D eigenvalue weighted by molar-refractivity contribution is 0.719. The topological polar surface area (TPSA) is 69.6 Å². The van der Waals surface area contributed by atoms with Crippen molar-refractivity contribution < 1.29 is 0 Å². The van der Waals surface area contributed by atoms with Gasteiger partial charge in [0.05, 0.1) is 5.69 Å². The lowest BCUT2D eigenvalue weighted by Crippen LogP contribution is -2.14. The van der Waals surface area contributed by atoms with Gasteiger partial charge >= 0.3 is 0 Å². The van der Waals surface area contributed by atoms with Crippen molar-refractivity contribution in [2.24, 2.45) is 5.73 Å². The number of aromatic nitrogens is 4. The fourth-order valence-electron chi connectivity index (χ4n) is 1.90. The highest BCUT2D eigenvalue weighted by molar-refractivity contribution is 7.80. The molecule has 2 aromatic carbocycles. The normalized spacial score (nSPS) is 10.5. The van der Waals surface area contributed by atoms with Crippen molar-refractivity contribution in [3.8, 4) is 17.1 Å². The summed E-state index contributed by atoms with van der Waals surface area (Å²) in [5.74, 6) is 0.527. The monoisotopic (exact) mass is 315 g/mol. The Bertz CT molecular complexity index is 800. The van der Waals surface area contributed by atoms with Crippen LogP contribution in [0.25, 0.3) is 17.1 Å². The molecule has 104 valence electrons. The summed E-state index contributed by atoms with van der Waals surface area (Å²) in [6, 6.07) is 14.8. The van der Waals surface area contributed by atoms with Gasteiger partial charge in [0.2, 0.25) is 5.82 Å². The quantitative estimate of drug-likeness (QED) is 0.752. The van der Waals surface area contributed by atoms with E-state index in [0.717, 1.165) is 5.56 Å². The van der Waals surface area contributed by atoms with E-state index < -0.39 is 0 Å². The SMILES string of the molecule is NC(=S)c1cc(Cl)ccc1-n1nnc(-c2ccccc2)n1. The number of nitrogens with zero attached hydrogens (tertiary/aromatic N) is 4. The summed E-state index contributed by atoms with van der Waals surface area (Å²) < 4.78 is 0. The van der Waals surface area contributed by atoms with Gasteiger partial charge in [0.25, 0.3) is 0 Å². The molecule has 0 radical (unpaired) electrons. The van der Waals surface area contributed by atoms with Gasteiger partial charge in [0, 0.05) is 16.1 Å². The zero-order chi connectivity index (χ0) is 14.8. The molecule has 0 aliphatic heterocycles. The highest BCUT2D eigenvalue weighted by Gasteiger charge is 2.12. The van der Waals surface area contributed by atoms with Crippen molar-refractivity contribution in [1.29, 1.82) is 0 Å². The highest BCUT2D eigenvalue weighted by Crippen LogP contribution is 2.20. The third-order valence-electron chi connectivity index (χ3n) is 2.89. The van der Waals surface area contributed by atoms with Crippen LogP contribution in [-0.2, 0) is 0 Å². The summed E-state index contributed by atoms with van der Waals surface area (Å²) in [5.41, 5.74) is 7.85. The van der Waals surface area contributed by atoms with Gasteiger partial charge in [-0.05, 0) is 23.4 Å². The Balaban J connectivity index is 2.07. The molecule has 0 atom stereocenters. The molecule has 0 fully saturated rings. The molecule has 1 aromatic heterocycles. The maximum Gasteiger partial charge on any atom is 0.205 e. The van der Waals surface area contributed by atoms with Crippen LogP contribution in [-0.4, -0.2) is 25.2 Å². The van der Waals surface area contributed by atoms with Crippen molar-refractivity contribution in [3.05, 3.63) is 59.1 Å². The Morgan fingerprint density at radius 1 is 1.14 bits per heavy atom. The van der Waals surface area contributed by atoms with E-state index in [-0.39, 0.29) is 4.99 Å². The predicted octanol–water partition coefficient (Wildman–Crippen LogP) is 2.62. The Morgan fingerprint density at radius 3 is 2.62 bits per heavy atom. The Morgan fingerprint density at radius 2 is 1.90 bits per heavy atom. The molecule has 3 rings (SSSR count). The van der Waals surface area contributed by atoms with Crippen LogP contribution in [0.1, 0.15) is 5.56 Å². The van der Waals surface area contributed by atoms with Crippen LogP contribution >= 0.6 is 23.8 Å². The largest absolute Gasteiger partial charge is 0.389 e. The first kappa shape index (κ1) is 13.7. The number of rotatable bonds is 3. The molecule has 0 bridgehead atoms. The molecule has 2 N–H and O–H groups in total. The lowest BCUT2D eigenvalue weighted by Gasteiger charge is -2.06. The summed E-state index contributed by atoms with van der Waals surface area (Å²) >= 11 is 11.0. The smallest absolute Gasteiger partial charge is 0.205 e. The summed E-state index contributed by atoms with van der Waals surface area (Å²) in [4.78, 5) is 1.62. The molecule has 0 aliphatic carbocycles. The van der Waals surface area contributed by atoms with Crippen LogP contribution in [0.15, 0.2) is 48.5 Å². The van der Waals surface area contributed by atoms with Gasteiger partial charge in [-0.2, -0.15) is 0 Å². The van der Waals surface area contributed by atoms with Crippen molar-refractivity contribution in [3.63, 3.8) is 0 Å². The first-order valence-electron chi connectivity index (χ1n) is 6.10. The average molecular weight is 316 g/mol. The number of thiocarbonyl (C=S) groups is 1. The van der Waals surface area contributed by atoms with E-state index in [9.17, 15) is 0 Å². The summed E-state index contributed by atoms with van der Waals surface area (Å²) in [6.07, 6.45) is 0. The number of benzene rings is 2. The van der Waals surface area contributed by atoms with Crippen molar-refractivity contribution in [2.45, 2.75) is 0 Å². The Hall–Kier alpha value is -2.31. The molecule has 5 nitrogen and oxygen atoms in total. The highest BCUT2D eigenvalue weighted by atomic mass is 35.5. The predicted molar refractivity (Wildman–Crippen MR) is 85.5 cm³/mol. The summed E-state index contributed by atoms with van der Waals surface area (Å²) in [6.45, 7) is 0. The molecule has 0 unspecified atom stereocenters. The molecule has 21 heavy (non-hydrogen) atoms. The van der Waals surface area contributed by atoms with Gasteiger partial charge < -0.3 is 5.73 Å². The number of halogens is 1. The third-order valence-corrected chi connectivity index (χ3v) is 3.34. The first-order chi connectivity index (χ1) is 10.1. The van der Waals surface area contributed by atoms with Crippen LogP contribution in [0, 0.1) is 0 Å². The molecule has 1 heterocycles. The van der Waals surface area contributed by atoms with E-state index >= 15 is 0 Å². The lowest BCUT2D eigenvalue weighted by atomic mass is 10.2. The Labute approximate surface area is 131 Å². The van der Waals surface area contributed by atoms with Crippen LogP contribution in [0.4, 0.5) is 0 Å². The van der Waals surface area contributed by atoms with E-state index in [4.69, 9.17) is 29.6 Å². The number of tetrazole rings is 1. The second-order valence-corrected chi connectivity index (χ2v) is 5.17. The van der Waals surface area contributed by atoms with Gasteiger partial charge in [0.15, 0.2) is 0 Å². The van der Waals surface area contributed by atoms with Gasteiger partial charge in [-0.15, -0.1) is 15.0 Å². The molecule has 0 spiro atoms. The summed E-state index contributed by atoms with van der Waals surface area (Å²) in [5, 5.41) is 13.0. The minimum atomic E-state index is 0.228. The van der Waals surface area contributed by atoms with E-state index in [1.54, 1.807) is 18.2 Å². The van der Waals surface area contributed by atoms with E-state index in [1.807, 2.05) is 30.3 Å². The Kier molecular flexibility index (Phi) is 3.64. The number of hydrogen-bond acceptors (Lipinski definition) is 4. The maximum atomic E-state index is 5.97. The van der Waals surface area contributed by atoms with Crippen LogP contribution in [0.5, 0.6) is 0 Å². The maximum absolute atomic E-state index is 5.97. The minimum Gasteiger partial charge on any atom is -0.389 e. The van der Waals surface area contributed by atoms with E-state index in [2.05, 4.69) is 15.4 Å². The second kappa shape index (κ2) is 5.59. The fourth-order valence-corrected chi connectivity index (χ4v) is 2.23. The number of nitrogens with two attached hydrogens (primary N) is 1. The zero-order valence-electron chi connectivity index (χ0n) is 10.8. The molecular weight excluding hydrogens is 306 g/mol. The third kappa shape index (κ3) is 2.76. The van der Waals surface area contributed by atoms with Crippen LogP contribution < -0.4 is 5.73 Å². The molecule has 0 amide bonds. The molecule has 0 saturated heterocycles. The van der Waals surface area contributed by atoms with Gasteiger partial charge in [-0.25, -0.2) is 0 Å². The minimum absolute atomic E-state index is 0.228. The average Bonchev–Trinajstić information content (AvgIpc) is 2.97. The van der Waals surface area contributed by atoms with Gasteiger partial charge in [-0.3, -0.25) is 0 Å². The van der Waals surface area contributed by atoms with E-state index in [0.29, 0.717) is 22.1 Å². The standard InChI is InChI=1S/C14H10ClN5S/c15-10-6-7-12(11(8-10)13(16)21)20-18-14(17-19-20)9-4-2-1-3-5-9/h1-8H,(H2,16,21). The molecule has 0 aliphatic rings. The molecule has 0 saturated carbocycles. The van der Waals surface area contributed by atoms with Gasteiger partial charge in [-0.1, -0.05) is 54.2 Å². The summed E-state index contributed by atoms with van der Waals surface area (Å²) in [7, 11) is 0. The van der Waals surface area contributed by atoms with Crippen LogP contribution in [0.3, 0.4) is 0 Å². The first-order valence-corrected chi connectivity index (χ1v) is 6.89. The second-order valence-electron chi connectivity index (χ2n) is 4.29. The van der Waals surface area contributed by atoms with Gasteiger partial charge in [0.1, 0.15) is 4.99 Å². The molecule has 7 heteroatoms. The van der Waals surface area contributed by atoms with Crippen molar-refractivity contribution >= 4 is 28.8 Å². The zero-order valence-corrected chi connectivity index (χ0v) is 12.3.